The Morgan fingerprint density at radius 3 is 2.85 bits per heavy atom. The van der Waals surface area contributed by atoms with Crippen LogP contribution in [0.3, 0.4) is 0 Å². The summed E-state index contributed by atoms with van der Waals surface area (Å²) in [6, 6.07) is 3.90. The summed E-state index contributed by atoms with van der Waals surface area (Å²) in [5, 5.41) is 9.21. The van der Waals surface area contributed by atoms with Crippen LogP contribution in [0.5, 0.6) is 0 Å². The fourth-order valence-electron chi connectivity index (χ4n) is 2.35. The second-order valence-electron chi connectivity index (χ2n) is 4.93. The van der Waals surface area contributed by atoms with Crippen molar-refractivity contribution in [2.75, 3.05) is 13.1 Å². The number of halogens is 2. The molecular formula is C14H15ClFNO3. The van der Waals surface area contributed by atoms with E-state index in [4.69, 9.17) is 16.7 Å². The van der Waals surface area contributed by atoms with E-state index in [0.717, 1.165) is 0 Å². The van der Waals surface area contributed by atoms with Crippen LogP contribution in [0.4, 0.5) is 4.39 Å². The van der Waals surface area contributed by atoms with Crippen LogP contribution in [0.2, 0.25) is 5.02 Å². The summed E-state index contributed by atoms with van der Waals surface area (Å²) in [5.74, 6) is -2.00. The van der Waals surface area contributed by atoms with Gasteiger partial charge in [-0.15, -0.1) is 0 Å². The third kappa shape index (κ3) is 3.48. The Morgan fingerprint density at radius 2 is 2.20 bits per heavy atom. The van der Waals surface area contributed by atoms with Gasteiger partial charge >= 0.3 is 5.97 Å². The third-order valence-electron chi connectivity index (χ3n) is 3.48. The maximum atomic E-state index is 12.9. The number of hydrogen-bond donors (Lipinski definition) is 1. The van der Waals surface area contributed by atoms with Crippen LogP contribution in [0, 0.1) is 11.7 Å². The fourth-order valence-corrected chi connectivity index (χ4v) is 2.58. The van der Waals surface area contributed by atoms with Gasteiger partial charge in [-0.2, -0.15) is 0 Å². The van der Waals surface area contributed by atoms with Crippen molar-refractivity contribution in [3.05, 3.63) is 34.6 Å². The van der Waals surface area contributed by atoms with Crippen molar-refractivity contribution in [1.29, 1.82) is 0 Å². The normalized spacial score (nSPS) is 18.9. The molecule has 0 saturated carbocycles. The first-order chi connectivity index (χ1) is 9.47. The Hall–Kier alpha value is -1.62. The number of carbonyl (C=O) groups excluding carboxylic acids is 1. The second-order valence-corrected chi connectivity index (χ2v) is 5.34. The van der Waals surface area contributed by atoms with Gasteiger partial charge in [-0.3, -0.25) is 9.59 Å². The van der Waals surface area contributed by atoms with E-state index >= 15 is 0 Å². The standard InChI is InChI=1S/C14H15ClFNO3/c15-12-7-11(16)4-3-9(12)6-13(18)17-5-1-2-10(8-17)14(19)20/h3-4,7,10H,1-2,5-6,8H2,(H,19,20)/t10-/m0/s1. The quantitative estimate of drug-likeness (QED) is 0.932. The summed E-state index contributed by atoms with van der Waals surface area (Å²) in [6.07, 6.45) is 1.34. The van der Waals surface area contributed by atoms with Gasteiger partial charge in [-0.05, 0) is 30.5 Å². The number of likely N-dealkylation sites (tertiary alicyclic amines) is 1. The van der Waals surface area contributed by atoms with Crippen LogP contribution in [-0.2, 0) is 16.0 Å². The summed E-state index contributed by atoms with van der Waals surface area (Å²) in [7, 11) is 0. The smallest absolute Gasteiger partial charge is 0.308 e. The molecule has 0 aliphatic carbocycles. The summed E-state index contributed by atoms with van der Waals surface area (Å²) in [5.41, 5.74) is 0.551. The van der Waals surface area contributed by atoms with Crippen molar-refractivity contribution in [2.24, 2.45) is 5.92 Å². The SMILES string of the molecule is O=C(O)[C@H]1CCCN(C(=O)Cc2ccc(F)cc2Cl)C1. The van der Waals surface area contributed by atoms with Crippen molar-refractivity contribution < 1.29 is 19.1 Å². The fraction of sp³-hybridized carbons (Fsp3) is 0.429. The molecule has 1 heterocycles. The van der Waals surface area contributed by atoms with Crippen LogP contribution < -0.4 is 0 Å². The van der Waals surface area contributed by atoms with E-state index < -0.39 is 17.7 Å². The molecule has 1 aliphatic rings. The first-order valence-corrected chi connectivity index (χ1v) is 6.79. The second kappa shape index (κ2) is 6.22. The Bertz CT molecular complexity index is 535. The van der Waals surface area contributed by atoms with E-state index in [0.29, 0.717) is 24.9 Å². The zero-order chi connectivity index (χ0) is 14.7. The molecule has 1 aliphatic heterocycles. The van der Waals surface area contributed by atoms with Crippen LogP contribution in [0.1, 0.15) is 18.4 Å². The molecule has 1 N–H and O–H groups in total. The predicted molar refractivity (Wildman–Crippen MR) is 72.1 cm³/mol. The Balaban J connectivity index is 2.02. The third-order valence-corrected chi connectivity index (χ3v) is 3.83. The van der Waals surface area contributed by atoms with Gasteiger partial charge in [0.05, 0.1) is 12.3 Å². The highest BCUT2D eigenvalue weighted by molar-refractivity contribution is 6.31. The van der Waals surface area contributed by atoms with Crippen molar-refractivity contribution in [3.63, 3.8) is 0 Å². The Kier molecular flexibility index (Phi) is 4.60. The zero-order valence-electron chi connectivity index (χ0n) is 10.8. The maximum Gasteiger partial charge on any atom is 0.308 e. The minimum Gasteiger partial charge on any atom is -0.481 e. The number of nitrogens with zero attached hydrogens (tertiary/aromatic N) is 1. The van der Waals surface area contributed by atoms with Crippen molar-refractivity contribution in [2.45, 2.75) is 19.3 Å². The summed E-state index contributed by atoms with van der Waals surface area (Å²) >= 11 is 5.89. The van der Waals surface area contributed by atoms with Crippen LogP contribution in [-0.4, -0.2) is 35.0 Å². The highest BCUT2D eigenvalue weighted by Gasteiger charge is 2.28. The predicted octanol–water partition coefficient (Wildman–Crippen LogP) is 2.34. The number of piperidine rings is 1. The topological polar surface area (TPSA) is 57.6 Å². The molecular weight excluding hydrogens is 285 g/mol. The Morgan fingerprint density at radius 1 is 1.45 bits per heavy atom. The highest BCUT2D eigenvalue weighted by Crippen LogP contribution is 2.21. The first-order valence-electron chi connectivity index (χ1n) is 6.42. The first kappa shape index (κ1) is 14.8. The number of carbonyl (C=O) groups is 2. The van der Waals surface area contributed by atoms with Crippen LogP contribution >= 0.6 is 11.6 Å². The van der Waals surface area contributed by atoms with E-state index in [-0.39, 0.29) is 23.9 Å². The monoisotopic (exact) mass is 299 g/mol. The van der Waals surface area contributed by atoms with E-state index in [1.165, 1.54) is 18.2 Å². The lowest BCUT2D eigenvalue weighted by Gasteiger charge is -2.30. The molecule has 0 unspecified atom stereocenters. The van der Waals surface area contributed by atoms with Gasteiger partial charge in [-0.1, -0.05) is 17.7 Å². The highest BCUT2D eigenvalue weighted by atomic mass is 35.5. The van der Waals surface area contributed by atoms with Gasteiger partial charge in [-0.25, -0.2) is 4.39 Å². The number of hydrogen-bond acceptors (Lipinski definition) is 2. The van der Waals surface area contributed by atoms with Crippen LogP contribution in [0.25, 0.3) is 0 Å². The number of carboxylic acids is 1. The van der Waals surface area contributed by atoms with E-state index in [1.807, 2.05) is 0 Å². The molecule has 1 atom stereocenters. The van der Waals surface area contributed by atoms with Gasteiger partial charge in [0.15, 0.2) is 0 Å². The molecule has 0 radical (unpaired) electrons. The average molecular weight is 300 g/mol. The lowest BCUT2D eigenvalue weighted by Crippen LogP contribution is -2.43. The molecule has 1 saturated heterocycles. The molecule has 6 heteroatoms. The number of amides is 1. The minimum atomic E-state index is -0.873. The minimum absolute atomic E-state index is 0.0610. The molecule has 1 aromatic rings. The molecule has 1 aromatic carbocycles. The number of benzene rings is 1. The lowest BCUT2D eigenvalue weighted by molar-refractivity contribution is -0.145. The molecule has 1 amide bonds. The van der Waals surface area contributed by atoms with E-state index in [9.17, 15) is 14.0 Å². The molecule has 0 aromatic heterocycles. The molecule has 0 spiro atoms. The number of rotatable bonds is 3. The summed E-state index contributed by atoms with van der Waals surface area (Å²) in [4.78, 5) is 24.7. The average Bonchev–Trinajstić information content (AvgIpc) is 2.42. The number of carboxylic acid groups (broad SMARTS) is 1. The van der Waals surface area contributed by atoms with Gasteiger partial charge in [0, 0.05) is 18.1 Å². The van der Waals surface area contributed by atoms with Crippen molar-refractivity contribution in [1.82, 2.24) is 4.90 Å². The van der Waals surface area contributed by atoms with Gasteiger partial charge in [0.2, 0.25) is 5.91 Å². The molecule has 20 heavy (non-hydrogen) atoms. The summed E-state index contributed by atoms with van der Waals surface area (Å²) < 4.78 is 12.9. The van der Waals surface area contributed by atoms with E-state index in [1.54, 1.807) is 4.90 Å². The van der Waals surface area contributed by atoms with Gasteiger partial charge < -0.3 is 10.0 Å². The van der Waals surface area contributed by atoms with Gasteiger partial charge in [0.25, 0.3) is 0 Å². The summed E-state index contributed by atoms with van der Waals surface area (Å²) in [6.45, 7) is 0.786. The van der Waals surface area contributed by atoms with Crippen molar-refractivity contribution in [3.8, 4) is 0 Å². The number of aliphatic carboxylic acids is 1. The largest absolute Gasteiger partial charge is 0.481 e. The van der Waals surface area contributed by atoms with Crippen molar-refractivity contribution >= 4 is 23.5 Å². The lowest BCUT2D eigenvalue weighted by atomic mass is 9.97. The molecule has 0 bridgehead atoms. The Labute approximate surface area is 121 Å². The maximum absolute atomic E-state index is 12.9. The van der Waals surface area contributed by atoms with Crippen LogP contribution in [0.15, 0.2) is 18.2 Å². The molecule has 108 valence electrons. The molecule has 2 rings (SSSR count). The van der Waals surface area contributed by atoms with E-state index in [2.05, 4.69) is 0 Å². The van der Waals surface area contributed by atoms with Gasteiger partial charge in [0.1, 0.15) is 5.82 Å². The molecule has 1 fully saturated rings. The molecule has 4 nitrogen and oxygen atoms in total. The zero-order valence-corrected chi connectivity index (χ0v) is 11.6.